The number of pyridine rings is 1. The van der Waals surface area contributed by atoms with Crippen LogP contribution in [0.5, 0.6) is 0 Å². The van der Waals surface area contributed by atoms with Crippen LogP contribution in [0.1, 0.15) is 37.4 Å². The van der Waals surface area contributed by atoms with Crippen LogP contribution >= 0.6 is 0 Å². The average Bonchev–Trinajstić information content (AvgIpc) is 3.00. The molecular weight excluding hydrogens is 256 g/mol. The molecule has 2 heteroatoms. The molecule has 0 radical (unpaired) electrons. The maximum absolute atomic E-state index is 4.65. The molecule has 0 saturated carbocycles. The normalized spacial score (nSPS) is 20.8. The first-order chi connectivity index (χ1) is 10.3. The molecule has 0 bridgehead atoms. The molecule has 2 unspecified atom stereocenters. The second-order valence-corrected chi connectivity index (χ2v) is 6.28. The smallest absolute Gasteiger partial charge is 0.0481 e. The highest BCUT2D eigenvalue weighted by atomic mass is 15.2. The lowest BCUT2D eigenvalue weighted by atomic mass is 9.82. The van der Waals surface area contributed by atoms with E-state index in [2.05, 4.69) is 66.2 Å². The minimum absolute atomic E-state index is 0.413. The lowest BCUT2D eigenvalue weighted by Crippen LogP contribution is -2.29. The monoisotopic (exact) mass is 280 g/mol. The summed E-state index contributed by atoms with van der Waals surface area (Å²) in [5.41, 5.74) is 2.60. The summed E-state index contributed by atoms with van der Waals surface area (Å²) in [5, 5.41) is 0. The summed E-state index contributed by atoms with van der Waals surface area (Å²) < 4.78 is 0. The van der Waals surface area contributed by atoms with Crippen molar-refractivity contribution in [1.82, 2.24) is 9.88 Å². The van der Waals surface area contributed by atoms with Gasteiger partial charge in [-0.05, 0) is 50.4 Å². The number of likely N-dealkylation sites (tertiary alicyclic amines) is 1. The van der Waals surface area contributed by atoms with Gasteiger partial charge in [-0.15, -0.1) is 0 Å². The van der Waals surface area contributed by atoms with Crippen molar-refractivity contribution in [2.45, 2.75) is 32.2 Å². The summed E-state index contributed by atoms with van der Waals surface area (Å²) in [5.74, 6) is 1.07. The van der Waals surface area contributed by atoms with Gasteiger partial charge in [0.05, 0.1) is 0 Å². The third-order valence-corrected chi connectivity index (χ3v) is 4.62. The van der Waals surface area contributed by atoms with Crippen LogP contribution in [0.25, 0.3) is 0 Å². The molecule has 3 rings (SSSR count). The van der Waals surface area contributed by atoms with Crippen LogP contribution in [0.2, 0.25) is 0 Å². The van der Waals surface area contributed by atoms with Gasteiger partial charge in [-0.1, -0.05) is 36.4 Å². The van der Waals surface area contributed by atoms with Gasteiger partial charge < -0.3 is 4.90 Å². The zero-order valence-electron chi connectivity index (χ0n) is 12.9. The van der Waals surface area contributed by atoms with Gasteiger partial charge in [0, 0.05) is 30.4 Å². The second-order valence-electron chi connectivity index (χ2n) is 6.28. The lowest BCUT2D eigenvalue weighted by molar-refractivity contribution is 0.261. The molecule has 1 saturated heterocycles. The molecule has 2 aromatic rings. The predicted octanol–water partition coefficient (Wildman–Crippen LogP) is 3.94. The number of aromatic nitrogens is 1. The van der Waals surface area contributed by atoms with E-state index in [9.17, 15) is 0 Å². The van der Waals surface area contributed by atoms with E-state index in [-0.39, 0.29) is 0 Å². The van der Waals surface area contributed by atoms with Crippen molar-refractivity contribution in [3.8, 4) is 0 Å². The van der Waals surface area contributed by atoms with E-state index >= 15 is 0 Å². The van der Waals surface area contributed by atoms with Crippen molar-refractivity contribution >= 4 is 0 Å². The molecule has 1 aromatic heterocycles. The fourth-order valence-electron chi connectivity index (χ4n) is 3.46. The Morgan fingerprint density at radius 3 is 2.43 bits per heavy atom. The van der Waals surface area contributed by atoms with Crippen molar-refractivity contribution < 1.29 is 0 Å². The minimum Gasteiger partial charge on any atom is -0.301 e. The Bertz CT molecular complexity index is 511. The fourth-order valence-corrected chi connectivity index (χ4v) is 3.46. The highest BCUT2D eigenvalue weighted by molar-refractivity contribution is 5.30. The lowest BCUT2D eigenvalue weighted by Gasteiger charge is -2.25. The molecule has 21 heavy (non-hydrogen) atoms. The molecule has 0 N–H and O–H groups in total. The first-order valence-corrected chi connectivity index (χ1v) is 7.95. The van der Waals surface area contributed by atoms with Gasteiger partial charge in [0.25, 0.3) is 0 Å². The van der Waals surface area contributed by atoms with Gasteiger partial charge >= 0.3 is 0 Å². The van der Waals surface area contributed by atoms with E-state index in [1.54, 1.807) is 0 Å². The summed E-state index contributed by atoms with van der Waals surface area (Å²) in [6, 6.07) is 17.8. The standard InChI is InChI=1S/C19H24N2/c1-15(2)21-13-11-17(14-21)19(16-8-4-3-5-9-16)18-10-6-7-12-20-18/h3-10,12,15,17,19H,11,13-14H2,1-2H3. The van der Waals surface area contributed by atoms with Gasteiger partial charge in [0.2, 0.25) is 0 Å². The summed E-state index contributed by atoms with van der Waals surface area (Å²) in [4.78, 5) is 7.24. The first-order valence-electron chi connectivity index (χ1n) is 7.95. The third kappa shape index (κ3) is 3.16. The Morgan fingerprint density at radius 2 is 1.81 bits per heavy atom. The minimum atomic E-state index is 0.413. The van der Waals surface area contributed by atoms with E-state index in [4.69, 9.17) is 0 Å². The van der Waals surface area contributed by atoms with E-state index in [1.165, 1.54) is 30.8 Å². The van der Waals surface area contributed by atoms with Gasteiger partial charge in [-0.25, -0.2) is 0 Å². The molecule has 2 nitrogen and oxygen atoms in total. The Labute approximate surface area is 127 Å². The fraction of sp³-hybridized carbons (Fsp3) is 0.421. The summed E-state index contributed by atoms with van der Waals surface area (Å²) in [6.07, 6.45) is 3.18. The number of hydrogen-bond donors (Lipinski definition) is 0. The van der Waals surface area contributed by atoms with Crippen molar-refractivity contribution in [1.29, 1.82) is 0 Å². The number of rotatable bonds is 4. The van der Waals surface area contributed by atoms with Crippen LogP contribution < -0.4 is 0 Å². The maximum atomic E-state index is 4.65. The summed E-state index contributed by atoms with van der Waals surface area (Å²) in [7, 11) is 0. The van der Waals surface area contributed by atoms with Gasteiger partial charge in [0.1, 0.15) is 0 Å². The zero-order valence-corrected chi connectivity index (χ0v) is 12.9. The Kier molecular flexibility index (Phi) is 4.35. The summed E-state index contributed by atoms with van der Waals surface area (Å²) in [6.45, 7) is 6.97. The summed E-state index contributed by atoms with van der Waals surface area (Å²) >= 11 is 0. The maximum Gasteiger partial charge on any atom is 0.0481 e. The van der Waals surface area contributed by atoms with Crippen LogP contribution in [0.3, 0.4) is 0 Å². The Balaban J connectivity index is 1.91. The molecule has 110 valence electrons. The highest BCUT2D eigenvalue weighted by Gasteiger charge is 2.32. The number of benzene rings is 1. The number of hydrogen-bond acceptors (Lipinski definition) is 2. The predicted molar refractivity (Wildman–Crippen MR) is 87.3 cm³/mol. The third-order valence-electron chi connectivity index (χ3n) is 4.62. The zero-order chi connectivity index (χ0) is 14.7. The Hall–Kier alpha value is -1.67. The number of nitrogens with zero attached hydrogens (tertiary/aromatic N) is 2. The molecule has 0 aliphatic carbocycles. The average molecular weight is 280 g/mol. The van der Waals surface area contributed by atoms with Crippen LogP contribution in [0.15, 0.2) is 54.7 Å². The van der Waals surface area contributed by atoms with Crippen LogP contribution in [-0.2, 0) is 0 Å². The molecule has 0 spiro atoms. The van der Waals surface area contributed by atoms with E-state index in [0.29, 0.717) is 17.9 Å². The molecule has 1 fully saturated rings. The van der Waals surface area contributed by atoms with Gasteiger partial charge in [0.15, 0.2) is 0 Å². The van der Waals surface area contributed by atoms with E-state index < -0.39 is 0 Å². The van der Waals surface area contributed by atoms with Gasteiger partial charge in [-0.3, -0.25) is 4.98 Å². The van der Waals surface area contributed by atoms with E-state index in [1.807, 2.05) is 12.3 Å². The second kappa shape index (κ2) is 6.40. The van der Waals surface area contributed by atoms with Crippen molar-refractivity contribution in [2.75, 3.05) is 13.1 Å². The van der Waals surface area contributed by atoms with Crippen LogP contribution in [0.4, 0.5) is 0 Å². The molecule has 0 amide bonds. The largest absolute Gasteiger partial charge is 0.301 e. The van der Waals surface area contributed by atoms with Gasteiger partial charge in [-0.2, -0.15) is 0 Å². The molecule has 1 aromatic carbocycles. The molecular formula is C19H24N2. The highest BCUT2D eigenvalue weighted by Crippen LogP contribution is 2.36. The van der Waals surface area contributed by atoms with E-state index in [0.717, 1.165) is 0 Å². The van der Waals surface area contributed by atoms with Crippen molar-refractivity contribution in [3.63, 3.8) is 0 Å². The van der Waals surface area contributed by atoms with Crippen molar-refractivity contribution in [2.24, 2.45) is 5.92 Å². The molecule has 2 heterocycles. The molecule has 1 aliphatic rings. The van der Waals surface area contributed by atoms with Crippen LogP contribution in [0, 0.1) is 5.92 Å². The first kappa shape index (κ1) is 14.3. The molecule has 1 aliphatic heterocycles. The van der Waals surface area contributed by atoms with Crippen molar-refractivity contribution in [3.05, 3.63) is 66.0 Å². The SMILES string of the molecule is CC(C)N1CCC(C(c2ccccc2)c2ccccn2)C1. The topological polar surface area (TPSA) is 16.1 Å². The Morgan fingerprint density at radius 1 is 1.05 bits per heavy atom. The molecule has 2 atom stereocenters. The quantitative estimate of drug-likeness (QED) is 0.843. The van der Waals surface area contributed by atoms with Crippen LogP contribution in [-0.4, -0.2) is 29.0 Å².